The molecule has 0 heterocycles. The van der Waals surface area contributed by atoms with Crippen molar-refractivity contribution in [2.24, 2.45) is 0 Å². The van der Waals surface area contributed by atoms with E-state index in [1.807, 2.05) is 24.3 Å². The Kier molecular flexibility index (Phi) is 6.81. The number of halogens is 1. The molecule has 0 aromatic heterocycles. The van der Waals surface area contributed by atoms with E-state index in [1.165, 1.54) is 23.9 Å². The SMILES string of the molecule is CN(Cc1ccccc1Br)C(=O)CSCc1ccc([N+](=O)[O-])cc1. The van der Waals surface area contributed by atoms with Gasteiger partial charge in [0, 0.05) is 36.0 Å². The van der Waals surface area contributed by atoms with E-state index in [0.29, 0.717) is 18.1 Å². The van der Waals surface area contributed by atoms with Gasteiger partial charge in [0.25, 0.3) is 5.69 Å². The first-order valence-electron chi connectivity index (χ1n) is 7.26. The molecule has 2 aromatic rings. The third kappa shape index (κ3) is 5.35. The molecule has 0 saturated heterocycles. The van der Waals surface area contributed by atoms with Crippen LogP contribution in [0.1, 0.15) is 11.1 Å². The highest BCUT2D eigenvalue weighted by Crippen LogP contribution is 2.19. The van der Waals surface area contributed by atoms with Crippen molar-refractivity contribution in [2.75, 3.05) is 12.8 Å². The van der Waals surface area contributed by atoms with Crippen molar-refractivity contribution >= 4 is 39.3 Å². The minimum absolute atomic E-state index is 0.0534. The second-order valence-corrected chi connectivity index (χ2v) is 7.10. The zero-order valence-corrected chi connectivity index (χ0v) is 15.5. The third-order valence-corrected chi connectivity index (χ3v) is 5.19. The lowest BCUT2D eigenvalue weighted by atomic mass is 10.2. The van der Waals surface area contributed by atoms with E-state index in [2.05, 4.69) is 15.9 Å². The van der Waals surface area contributed by atoms with Crippen LogP contribution in [0.2, 0.25) is 0 Å². The number of nitro groups is 1. The molecule has 126 valence electrons. The highest BCUT2D eigenvalue weighted by Gasteiger charge is 2.11. The van der Waals surface area contributed by atoms with E-state index in [-0.39, 0.29) is 11.6 Å². The maximum atomic E-state index is 12.2. The third-order valence-electron chi connectivity index (χ3n) is 3.43. The number of carbonyl (C=O) groups excluding carboxylic acids is 1. The summed E-state index contributed by atoms with van der Waals surface area (Å²) in [6.07, 6.45) is 0. The fourth-order valence-electron chi connectivity index (χ4n) is 2.05. The fraction of sp³-hybridized carbons (Fsp3) is 0.235. The zero-order valence-electron chi connectivity index (χ0n) is 13.1. The van der Waals surface area contributed by atoms with Gasteiger partial charge in [-0.25, -0.2) is 0 Å². The van der Waals surface area contributed by atoms with Crippen molar-refractivity contribution < 1.29 is 9.72 Å². The standard InChI is InChI=1S/C17H17BrN2O3S/c1-19(10-14-4-2-3-5-16(14)18)17(21)12-24-11-13-6-8-15(9-7-13)20(22)23/h2-9H,10-12H2,1H3. The van der Waals surface area contributed by atoms with Crippen LogP contribution in [-0.2, 0) is 17.1 Å². The molecule has 2 rings (SSSR count). The molecule has 5 nitrogen and oxygen atoms in total. The average molecular weight is 409 g/mol. The van der Waals surface area contributed by atoms with Crippen LogP contribution in [0.4, 0.5) is 5.69 Å². The first kappa shape index (κ1) is 18.5. The number of amides is 1. The highest BCUT2D eigenvalue weighted by atomic mass is 79.9. The molecule has 0 spiro atoms. The number of hydrogen-bond donors (Lipinski definition) is 0. The van der Waals surface area contributed by atoms with E-state index in [4.69, 9.17) is 0 Å². The zero-order chi connectivity index (χ0) is 17.5. The second kappa shape index (κ2) is 8.84. The normalized spacial score (nSPS) is 10.4. The topological polar surface area (TPSA) is 63.5 Å². The number of benzene rings is 2. The Balaban J connectivity index is 1.80. The summed E-state index contributed by atoms with van der Waals surface area (Å²) in [7, 11) is 1.79. The molecule has 1 amide bonds. The number of nitrogens with zero attached hydrogens (tertiary/aromatic N) is 2. The quantitative estimate of drug-likeness (QED) is 0.507. The van der Waals surface area contributed by atoms with Gasteiger partial charge in [0.05, 0.1) is 10.7 Å². The van der Waals surface area contributed by atoms with E-state index in [1.54, 1.807) is 24.1 Å². The summed E-state index contributed by atoms with van der Waals surface area (Å²) in [5.74, 6) is 1.07. The van der Waals surface area contributed by atoms with Crippen molar-refractivity contribution in [3.8, 4) is 0 Å². The van der Waals surface area contributed by atoms with Crippen molar-refractivity contribution in [3.63, 3.8) is 0 Å². The number of rotatable bonds is 7. The van der Waals surface area contributed by atoms with Gasteiger partial charge in [-0.2, -0.15) is 0 Å². The molecule has 0 aliphatic rings. The highest BCUT2D eigenvalue weighted by molar-refractivity contribution is 9.10. The van der Waals surface area contributed by atoms with Crippen LogP contribution in [0.5, 0.6) is 0 Å². The summed E-state index contributed by atoms with van der Waals surface area (Å²) in [6, 6.07) is 14.2. The molecule has 0 saturated carbocycles. The fourth-order valence-corrected chi connectivity index (χ4v) is 3.39. The molecule has 2 aromatic carbocycles. The van der Waals surface area contributed by atoms with Crippen LogP contribution in [-0.4, -0.2) is 28.5 Å². The van der Waals surface area contributed by atoms with Crippen molar-refractivity contribution in [1.29, 1.82) is 0 Å². The predicted octanol–water partition coefficient (Wildman–Crippen LogP) is 4.25. The lowest BCUT2D eigenvalue weighted by Crippen LogP contribution is -2.28. The van der Waals surface area contributed by atoms with Gasteiger partial charge in [-0.3, -0.25) is 14.9 Å². The summed E-state index contributed by atoms with van der Waals surface area (Å²) >= 11 is 4.98. The second-order valence-electron chi connectivity index (χ2n) is 5.26. The largest absolute Gasteiger partial charge is 0.341 e. The number of nitro benzene ring substituents is 1. The van der Waals surface area contributed by atoms with Crippen LogP contribution < -0.4 is 0 Å². The summed E-state index contributed by atoms with van der Waals surface area (Å²) < 4.78 is 0.989. The Morgan fingerprint density at radius 2 is 1.88 bits per heavy atom. The predicted molar refractivity (Wildman–Crippen MR) is 99.9 cm³/mol. The van der Waals surface area contributed by atoms with Gasteiger partial charge in [0.15, 0.2) is 0 Å². The smallest absolute Gasteiger partial charge is 0.269 e. The Bertz CT molecular complexity index is 722. The Hall–Kier alpha value is -1.86. The lowest BCUT2D eigenvalue weighted by molar-refractivity contribution is -0.384. The van der Waals surface area contributed by atoms with E-state index in [0.717, 1.165) is 15.6 Å². The molecular weight excluding hydrogens is 392 g/mol. The molecule has 0 N–H and O–H groups in total. The molecule has 0 aliphatic heterocycles. The van der Waals surface area contributed by atoms with Crippen LogP contribution >= 0.6 is 27.7 Å². The number of hydrogen-bond acceptors (Lipinski definition) is 4. The first-order valence-corrected chi connectivity index (χ1v) is 9.20. The van der Waals surface area contributed by atoms with Crippen LogP contribution in [0, 0.1) is 10.1 Å². The Morgan fingerprint density at radius 1 is 1.21 bits per heavy atom. The maximum Gasteiger partial charge on any atom is 0.269 e. The summed E-state index contributed by atoms with van der Waals surface area (Å²) in [6.45, 7) is 0.554. The number of carbonyl (C=O) groups is 1. The van der Waals surface area contributed by atoms with Gasteiger partial charge in [-0.05, 0) is 17.2 Å². The molecule has 7 heteroatoms. The number of non-ortho nitro benzene ring substituents is 1. The van der Waals surface area contributed by atoms with Crippen LogP contribution in [0.15, 0.2) is 53.0 Å². The molecule has 24 heavy (non-hydrogen) atoms. The molecule has 0 fully saturated rings. The summed E-state index contributed by atoms with van der Waals surface area (Å²) in [5.41, 5.74) is 2.11. The first-order chi connectivity index (χ1) is 11.5. The van der Waals surface area contributed by atoms with Crippen LogP contribution in [0.3, 0.4) is 0 Å². The summed E-state index contributed by atoms with van der Waals surface area (Å²) in [5, 5.41) is 10.6. The van der Waals surface area contributed by atoms with Gasteiger partial charge < -0.3 is 4.90 Å². The summed E-state index contributed by atoms with van der Waals surface area (Å²) in [4.78, 5) is 24.1. The lowest BCUT2D eigenvalue weighted by Gasteiger charge is -2.18. The minimum Gasteiger partial charge on any atom is -0.341 e. The molecular formula is C17H17BrN2O3S. The Labute approximate surface area is 153 Å². The van der Waals surface area contributed by atoms with Gasteiger partial charge >= 0.3 is 0 Å². The van der Waals surface area contributed by atoms with Crippen molar-refractivity contribution in [2.45, 2.75) is 12.3 Å². The average Bonchev–Trinajstić information content (AvgIpc) is 2.57. The molecule has 0 bridgehead atoms. The molecule has 0 aliphatic carbocycles. The molecule has 0 radical (unpaired) electrons. The van der Waals surface area contributed by atoms with Crippen LogP contribution in [0.25, 0.3) is 0 Å². The van der Waals surface area contributed by atoms with Gasteiger partial charge in [-0.1, -0.05) is 46.3 Å². The van der Waals surface area contributed by atoms with Gasteiger partial charge in [0.1, 0.15) is 0 Å². The Morgan fingerprint density at radius 3 is 2.50 bits per heavy atom. The van der Waals surface area contributed by atoms with Gasteiger partial charge in [0.2, 0.25) is 5.91 Å². The van der Waals surface area contributed by atoms with E-state index in [9.17, 15) is 14.9 Å². The van der Waals surface area contributed by atoms with Crippen molar-refractivity contribution in [1.82, 2.24) is 4.90 Å². The minimum atomic E-state index is -0.420. The number of thioether (sulfide) groups is 1. The molecule has 0 atom stereocenters. The van der Waals surface area contributed by atoms with Gasteiger partial charge in [-0.15, -0.1) is 11.8 Å². The van der Waals surface area contributed by atoms with E-state index >= 15 is 0 Å². The maximum absolute atomic E-state index is 12.2. The monoisotopic (exact) mass is 408 g/mol. The van der Waals surface area contributed by atoms with Crippen molar-refractivity contribution in [3.05, 3.63) is 74.2 Å². The molecule has 0 unspecified atom stereocenters. The van der Waals surface area contributed by atoms with E-state index < -0.39 is 4.92 Å².